The molecule has 2 aromatic heterocycles. The summed E-state index contributed by atoms with van der Waals surface area (Å²) in [7, 11) is 0. The largest absolute Gasteiger partial charge is 0.447 e. The third-order valence-electron chi connectivity index (χ3n) is 4.96. The standard InChI is InChI=1S/C20H12F4N4O2S/c21-13-5-10(18-27-17(8-31-18)20(22,23)24)1-3-12(13)16-7-30-19(29)28(16)11-2-4-14-15(6-11)26-9-25-14/h1-6,8-9,16H,7H2,(H,25,26). The molecule has 1 aliphatic rings. The lowest BCUT2D eigenvalue weighted by molar-refractivity contribution is -0.140. The van der Waals surface area contributed by atoms with Crippen molar-refractivity contribution in [1.82, 2.24) is 15.0 Å². The summed E-state index contributed by atoms with van der Waals surface area (Å²) in [6, 6.07) is 8.43. The molecule has 0 radical (unpaired) electrons. The molecule has 5 rings (SSSR count). The van der Waals surface area contributed by atoms with Gasteiger partial charge in [0, 0.05) is 16.5 Å². The molecular formula is C20H12F4N4O2S. The van der Waals surface area contributed by atoms with Crippen molar-refractivity contribution < 1.29 is 27.1 Å². The molecule has 1 N–H and O–H groups in total. The molecule has 0 bridgehead atoms. The number of H-pyrrole nitrogens is 1. The number of cyclic esters (lactones) is 1. The van der Waals surface area contributed by atoms with Crippen LogP contribution in [0.1, 0.15) is 17.3 Å². The molecule has 1 amide bonds. The predicted octanol–water partition coefficient (Wildman–Crippen LogP) is 5.54. The maximum absolute atomic E-state index is 15.0. The number of carbonyl (C=O) groups excluding carboxylic acids is 1. The first-order chi connectivity index (χ1) is 14.8. The molecule has 1 atom stereocenters. The summed E-state index contributed by atoms with van der Waals surface area (Å²) in [6.45, 7) is -0.0639. The average Bonchev–Trinajstić information content (AvgIpc) is 3.46. The summed E-state index contributed by atoms with van der Waals surface area (Å²) in [4.78, 5) is 24.3. The summed E-state index contributed by atoms with van der Waals surface area (Å²) in [5.74, 6) is -0.669. The summed E-state index contributed by atoms with van der Waals surface area (Å²) in [6.07, 6.45) is -3.66. The van der Waals surface area contributed by atoms with Gasteiger partial charge in [0.05, 0.1) is 23.0 Å². The predicted molar refractivity (Wildman–Crippen MR) is 105 cm³/mol. The van der Waals surface area contributed by atoms with Crippen LogP contribution in [0.15, 0.2) is 48.1 Å². The number of hydrogen-bond donors (Lipinski definition) is 1. The molecule has 0 aliphatic carbocycles. The zero-order chi connectivity index (χ0) is 21.8. The number of benzene rings is 2. The van der Waals surface area contributed by atoms with E-state index < -0.39 is 29.8 Å². The van der Waals surface area contributed by atoms with Crippen molar-refractivity contribution in [3.63, 3.8) is 0 Å². The lowest BCUT2D eigenvalue weighted by Gasteiger charge is -2.22. The second kappa shape index (κ2) is 7.05. The average molecular weight is 448 g/mol. The molecule has 1 aliphatic heterocycles. The number of nitrogens with zero attached hydrogens (tertiary/aromatic N) is 3. The van der Waals surface area contributed by atoms with Gasteiger partial charge in [-0.3, -0.25) is 4.90 Å². The fourth-order valence-electron chi connectivity index (χ4n) is 3.48. The molecule has 31 heavy (non-hydrogen) atoms. The molecule has 158 valence electrons. The first kappa shape index (κ1) is 19.5. The Labute approximate surface area is 176 Å². The lowest BCUT2D eigenvalue weighted by Crippen LogP contribution is -2.27. The van der Waals surface area contributed by atoms with Gasteiger partial charge in [0.15, 0.2) is 5.69 Å². The Morgan fingerprint density at radius 3 is 2.77 bits per heavy atom. The van der Waals surface area contributed by atoms with Gasteiger partial charge < -0.3 is 9.72 Å². The summed E-state index contributed by atoms with van der Waals surface area (Å²) in [5, 5.41) is 0.941. The van der Waals surface area contributed by atoms with Crippen molar-refractivity contribution >= 4 is 34.2 Å². The number of aromatic nitrogens is 3. The van der Waals surface area contributed by atoms with Gasteiger partial charge in [-0.1, -0.05) is 12.1 Å². The number of thiazole rings is 1. The van der Waals surface area contributed by atoms with Gasteiger partial charge in [0.25, 0.3) is 0 Å². The number of fused-ring (bicyclic) bond motifs is 1. The van der Waals surface area contributed by atoms with Crippen LogP contribution in [0, 0.1) is 5.82 Å². The van der Waals surface area contributed by atoms with E-state index in [4.69, 9.17) is 4.74 Å². The van der Waals surface area contributed by atoms with Gasteiger partial charge in [-0.15, -0.1) is 11.3 Å². The highest BCUT2D eigenvalue weighted by Gasteiger charge is 2.37. The second-order valence-electron chi connectivity index (χ2n) is 6.84. The van der Waals surface area contributed by atoms with Gasteiger partial charge in [-0.2, -0.15) is 13.2 Å². The van der Waals surface area contributed by atoms with Crippen molar-refractivity contribution in [3.8, 4) is 10.6 Å². The van der Waals surface area contributed by atoms with E-state index in [0.717, 1.165) is 22.8 Å². The Balaban J connectivity index is 1.48. The van der Waals surface area contributed by atoms with Gasteiger partial charge in [0.1, 0.15) is 23.5 Å². The highest BCUT2D eigenvalue weighted by Crippen LogP contribution is 2.38. The van der Waals surface area contributed by atoms with Crippen LogP contribution in [0.3, 0.4) is 0 Å². The van der Waals surface area contributed by atoms with Crippen molar-refractivity contribution in [2.24, 2.45) is 0 Å². The van der Waals surface area contributed by atoms with Gasteiger partial charge in [-0.05, 0) is 24.3 Å². The van der Waals surface area contributed by atoms with Crippen molar-refractivity contribution in [3.05, 3.63) is 65.2 Å². The minimum absolute atomic E-state index is 0.0538. The zero-order valence-corrected chi connectivity index (χ0v) is 16.3. The van der Waals surface area contributed by atoms with Crippen molar-refractivity contribution in [2.75, 3.05) is 11.5 Å². The second-order valence-corrected chi connectivity index (χ2v) is 7.70. The van der Waals surface area contributed by atoms with Crippen LogP contribution in [0.5, 0.6) is 0 Å². The summed E-state index contributed by atoms with van der Waals surface area (Å²) >= 11 is 0.780. The Bertz CT molecular complexity index is 1300. The summed E-state index contributed by atoms with van der Waals surface area (Å²) in [5.41, 5.74) is 1.31. The maximum Gasteiger partial charge on any atom is 0.434 e. The Kier molecular flexibility index (Phi) is 4.43. The van der Waals surface area contributed by atoms with E-state index in [1.807, 2.05) is 0 Å². The minimum Gasteiger partial charge on any atom is -0.447 e. The molecule has 4 aromatic rings. The number of hydrogen-bond acceptors (Lipinski definition) is 5. The third-order valence-corrected chi connectivity index (χ3v) is 5.85. The molecular weight excluding hydrogens is 436 g/mol. The molecule has 6 nitrogen and oxygen atoms in total. The fourth-order valence-corrected chi connectivity index (χ4v) is 4.30. The van der Waals surface area contributed by atoms with Crippen LogP contribution in [-0.2, 0) is 10.9 Å². The molecule has 1 saturated heterocycles. The smallest absolute Gasteiger partial charge is 0.434 e. The fraction of sp³-hybridized carbons (Fsp3) is 0.150. The zero-order valence-electron chi connectivity index (χ0n) is 15.5. The molecule has 11 heteroatoms. The number of ether oxygens (including phenoxy) is 1. The monoisotopic (exact) mass is 448 g/mol. The first-order valence-electron chi connectivity index (χ1n) is 9.03. The van der Waals surface area contributed by atoms with Crippen LogP contribution in [0.25, 0.3) is 21.6 Å². The van der Waals surface area contributed by atoms with Crippen molar-refractivity contribution in [2.45, 2.75) is 12.2 Å². The van der Waals surface area contributed by atoms with Crippen LogP contribution in [0.4, 0.5) is 28.0 Å². The highest BCUT2D eigenvalue weighted by atomic mass is 32.1. The minimum atomic E-state index is -4.56. The van der Waals surface area contributed by atoms with Crippen molar-refractivity contribution in [1.29, 1.82) is 0 Å². The van der Waals surface area contributed by atoms with E-state index in [2.05, 4.69) is 15.0 Å². The number of aromatic amines is 1. The number of imidazole rings is 1. The molecule has 0 spiro atoms. The molecule has 1 unspecified atom stereocenters. The van der Waals surface area contributed by atoms with E-state index in [-0.39, 0.29) is 22.7 Å². The molecule has 1 fully saturated rings. The van der Waals surface area contributed by atoms with Gasteiger partial charge in [0.2, 0.25) is 0 Å². The Morgan fingerprint density at radius 1 is 1.19 bits per heavy atom. The third kappa shape index (κ3) is 3.40. The van der Waals surface area contributed by atoms with E-state index in [0.29, 0.717) is 16.7 Å². The quantitative estimate of drug-likeness (QED) is 0.418. The number of carbonyl (C=O) groups is 1. The van der Waals surface area contributed by atoms with E-state index in [9.17, 15) is 22.4 Å². The number of rotatable bonds is 3. The molecule has 3 heterocycles. The van der Waals surface area contributed by atoms with Crippen LogP contribution in [0.2, 0.25) is 0 Å². The van der Waals surface area contributed by atoms with E-state index in [1.54, 1.807) is 18.2 Å². The van der Waals surface area contributed by atoms with E-state index >= 15 is 0 Å². The van der Waals surface area contributed by atoms with Gasteiger partial charge >= 0.3 is 12.3 Å². The number of alkyl halides is 3. The van der Waals surface area contributed by atoms with E-state index in [1.165, 1.54) is 23.4 Å². The first-order valence-corrected chi connectivity index (χ1v) is 9.91. The molecule has 2 aromatic carbocycles. The maximum atomic E-state index is 15.0. The van der Waals surface area contributed by atoms with Crippen LogP contribution < -0.4 is 4.90 Å². The normalized spacial score (nSPS) is 16.8. The SMILES string of the molecule is O=C1OCC(c2ccc(-c3nc(C(F)(F)F)cs3)cc2F)N1c1ccc2nc[nH]c2c1. The number of nitrogens with one attached hydrogen (secondary N) is 1. The number of anilines is 1. The lowest BCUT2D eigenvalue weighted by atomic mass is 10.0. The topological polar surface area (TPSA) is 71.1 Å². The highest BCUT2D eigenvalue weighted by molar-refractivity contribution is 7.13. The number of halogens is 4. The van der Waals surface area contributed by atoms with Crippen LogP contribution >= 0.6 is 11.3 Å². The van der Waals surface area contributed by atoms with Crippen LogP contribution in [-0.4, -0.2) is 27.7 Å². The summed E-state index contributed by atoms with van der Waals surface area (Å²) < 4.78 is 58.5. The number of amides is 1. The Hall–Kier alpha value is -3.47. The molecule has 0 saturated carbocycles. The Morgan fingerprint density at radius 2 is 2.03 bits per heavy atom. The van der Waals surface area contributed by atoms with Gasteiger partial charge in [-0.25, -0.2) is 19.2 Å².